The number of rotatable bonds is 3. The minimum absolute atomic E-state index is 0.834. The predicted molar refractivity (Wildman–Crippen MR) is 68.4 cm³/mol. The van der Waals surface area contributed by atoms with Crippen LogP contribution in [-0.4, -0.2) is 35.1 Å². The van der Waals surface area contributed by atoms with E-state index in [1.165, 1.54) is 43.6 Å². The summed E-state index contributed by atoms with van der Waals surface area (Å²) in [5, 5.41) is 4.79. The number of hydrogen-bond acceptors (Lipinski definition) is 3. The van der Waals surface area contributed by atoms with E-state index in [4.69, 9.17) is 0 Å². The Kier molecular flexibility index (Phi) is 4.51. The summed E-state index contributed by atoms with van der Waals surface area (Å²) in [6, 6.07) is 1.67. The quantitative estimate of drug-likeness (QED) is 0.802. The van der Waals surface area contributed by atoms with E-state index in [1.54, 1.807) is 0 Å². The van der Waals surface area contributed by atoms with Crippen molar-refractivity contribution in [3.05, 3.63) is 0 Å². The van der Waals surface area contributed by atoms with Gasteiger partial charge in [0, 0.05) is 17.3 Å². The van der Waals surface area contributed by atoms with Crippen LogP contribution < -0.4 is 5.32 Å². The molecule has 1 aliphatic carbocycles. The van der Waals surface area contributed by atoms with Gasteiger partial charge in [-0.25, -0.2) is 0 Å². The second-order valence-electron chi connectivity index (χ2n) is 4.42. The topological polar surface area (TPSA) is 12.0 Å². The lowest BCUT2D eigenvalue weighted by Crippen LogP contribution is -2.39. The molecule has 2 unspecified atom stereocenters. The molecule has 0 radical (unpaired) electrons. The Hall–Kier alpha value is 0.660. The van der Waals surface area contributed by atoms with Crippen LogP contribution in [0.3, 0.4) is 0 Å². The molecule has 0 spiro atoms. The normalized spacial score (nSPS) is 34.9. The van der Waals surface area contributed by atoms with Crippen LogP contribution in [0, 0.1) is 0 Å². The first-order chi connectivity index (χ1) is 6.88. The summed E-state index contributed by atoms with van der Waals surface area (Å²) >= 11 is 4.17. The highest BCUT2D eigenvalue weighted by molar-refractivity contribution is 7.99. The molecule has 1 N–H and O–H groups in total. The molecule has 1 aliphatic heterocycles. The van der Waals surface area contributed by atoms with E-state index in [0.717, 1.165) is 17.3 Å². The third-order valence-corrected chi connectivity index (χ3v) is 5.55. The van der Waals surface area contributed by atoms with E-state index in [2.05, 4.69) is 35.1 Å². The van der Waals surface area contributed by atoms with Crippen molar-refractivity contribution in [2.45, 2.75) is 49.4 Å². The van der Waals surface area contributed by atoms with Crippen LogP contribution in [0.15, 0.2) is 0 Å². The largest absolute Gasteiger partial charge is 0.311 e. The molecule has 1 saturated carbocycles. The second kappa shape index (κ2) is 5.66. The highest BCUT2D eigenvalue weighted by Gasteiger charge is 2.26. The van der Waals surface area contributed by atoms with Gasteiger partial charge in [0.2, 0.25) is 0 Å². The first kappa shape index (κ1) is 11.2. The molecule has 0 aromatic carbocycles. The third kappa shape index (κ3) is 3.07. The van der Waals surface area contributed by atoms with Gasteiger partial charge in [0.25, 0.3) is 0 Å². The minimum atomic E-state index is 0.834. The lowest BCUT2D eigenvalue weighted by Gasteiger charge is -2.26. The molecular weight excluding hydrogens is 210 g/mol. The monoisotopic (exact) mass is 231 g/mol. The van der Waals surface area contributed by atoms with Crippen LogP contribution in [-0.2, 0) is 0 Å². The van der Waals surface area contributed by atoms with Crippen molar-refractivity contribution in [2.24, 2.45) is 0 Å². The maximum atomic E-state index is 3.86. The van der Waals surface area contributed by atoms with Gasteiger partial charge in [0.1, 0.15) is 0 Å². The van der Waals surface area contributed by atoms with Gasteiger partial charge in [0.05, 0.1) is 0 Å². The molecule has 14 heavy (non-hydrogen) atoms. The van der Waals surface area contributed by atoms with Crippen molar-refractivity contribution in [1.29, 1.82) is 0 Å². The second-order valence-corrected chi connectivity index (χ2v) is 6.78. The average molecular weight is 231 g/mol. The Bertz CT molecular complexity index is 169. The molecule has 1 heterocycles. The van der Waals surface area contributed by atoms with Gasteiger partial charge in [-0.15, -0.1) is 0 Å². The highest BCUT2D eigenvalue weighted by Crippen LogP contribution is 2.29. The van der Waals surface area contributed by atoms with Crippen molar-refractivity contribution in [2.75, 3.05) is 17.8 Å². The van der Waals surface area contributed by atoms with Crippen LogP contribution in [0.2, 0.25) is 0 Å². The van der Waals surface area contributed by atoms with Crippen molar-refractivity contribution in [3.8, 4) is 0 Å². The van der Waals surface area contributed by atoms with Crippen LogP contribution >= 0.6 is 23.5 Å². The molecule has 2 atom stereocenters. The number of hydrogen-bond donors (Lipinski definition) is 1. The SMILES string of the molecule is CSC1CCC(NC2CCSCC2)C1. The molecule has 0 aromatic rings. The molecule has 1 saturated heterocycles. The number of thioether (sulfide) groups is 2. The fraction of sp³-hybridized carbons (Fsp3) is 1.00. The molecule has 2 rings (SSSR count). The lowest BCUT2D eigenvalue weighted by atomic mass is 10.1. The molecule has 1 nitrogen and oxygen atoms in total. The Labute approximate surface area is 96.2 Å². The molecule has 2 aliphatic rings. The van der Waals surface area contributed by atoms with E-state index in [0.29, 0.717) is 0 Å². The molecular formula is C11H21NS2. The molecule has 2 fully saturated rings. The summed E-state index contributed by atoms with van der Waals surface area (Å²) < 4.78 is 0. The van der Waals surface area contributed by atoms with Gasteiger partial charge in [-0.3, -0.25) is 0 Å². The first-order valence-electron chi connectivity index (χ1n) is 5.75. The smallest absolute Gasteiger partial charge is 0.00853 e. The van der Waals surface area contributed by atoms with Gasteiger partial charge < -0.3 is 5.32 Å². The van der Waals surface area contributed by atoms with E-state index < -0.39 is 0 Å². The van der Waals surface area contributed by atoms with Crippen LogP contribution in [0.4, 0.5) is 0 Å². The van der Waals surface area contributed by atoms with E-state index >= 15 is 0 Å². The highest BCUT2D eigenvalue weighted by atomic mass is 32.2. The maximum Gasteiger partial charge on any atom is 0.00853 e. The molecule has 0 aromatic heterocycles. The van der Waals surface area contributed by atoms with Crippen molar-refractivity contribution in [1.82, 2.24) is 5.32 Å². The Morgan fingerprint density at radius 1 is 1.07 bits per heavy atom. The molecule has 0 amide bonds. The van der Waals surface area contributed by atoms with Gasteiger partial charge in [-0.05, 0) is 49.9 Å². The Morgan fingerprint density at radius 3 is 2.50 bits per heavy atom. The summed E-state index contributed by atoms with van der Waals surface area (Å²) in [7, 11) is 0. The fourth-order valence-electron chi connectivity index (χ4n) is 2.50. The van der Waals surface area contributed by atoms with Crippen LogP contribution in [0.5, 0.6) is 0 Å². The zero-order valence-corrected chi connectivity index (χ0v) is 10.6. The van der Waals surface area contributed by atoms with E-state index in [-0.39, 0.29) is 0 Å². The van der Waals surface area contributed by atoms with Crippen LogP contribution in [0.1, 0.15) is 32.1 Å². The Morgan fingerprint density at radius 2 is 1.86 bits per heavy atom. The predicted octanol–water partition coefficient (Wildman–Crippen LogP) is 2.76. The lowest BCUT2D eigenvalue weighted by molar-refractivity contribution is 0.410. The van der Waals surface area contributed by atoms with Crippen LogP contribution in [0.25, 0.3) is 0 Å². The fourth-order valence-corrected chi connectivity index (χ4v) is 4.41. The van der Waals surface area contributed by atoms with Crippen molar-refractivity contribution >= 4 is 23.5 Å². The summed E-state index contributed by atoms with van der Waals surface area (Å²) in [5.74, 6) is 2.74. The zero-order chi connectivity index (χ0) is 9.80. The third-order valence-electron chi connectivity index (χ3n) is 3.41. The zero-order valence-electron chi connectivity index (χ0n) is 9.00. The van der Waals surface area contributed by atoms with E-state index in [9.17, 15) is 0 Å². The standard InChI is InChI=1S/C11H21NS2/c1-13-11-3-2-10(8-11)12-9-4-6-14-7-5-9/h9-12H,2-8H2,1H3. The number of nitrogens with one attached hydrogen (secondary N) is 1. The maximum absolute atomic E-state index is 3.86. The summed E-state index contributed by atoms with van der Waals surface area (Å²) in [5.41, 5.74) is 0. The van der Waals surface area contributed by atoms with Crippen molar-refractivity contribution in [3.63, 3.8) is 0 Å². The van der Waals surface area contributed by atoms with Gasteiger partial charge >= 0.3 is 0 Å². The van der Waals surface area contributed by atoms with Crippen molar-refractivity contribution < 1.29 is 0 Å². The molecule has 0 bridgehead atoms. The average Bonchev–Trinajstić information content (AvgIpc) is 2.67. The van der Waals surface area contributed by atoms with Gasteiger partial charge in [-0.2, -0.15) is 23.5 Å². The first-order valence-corrected chi connectivity index (χ1v) is 8.19. The van der Waals surface area contributed by atoms with Gasteiger partial charge in [0.15, 0.2) is 0 Å². The molecule has 82 valence electrons. The van der Waals surface area contributed by atoms with Gasteiger partial charge in [-0.1, -0.05) is 0 Å². The molecule has 3 heteroatoms. The minimum Gasteiger partial charge on any atom is -0.311 e. The summed E-state index contributed by atoms with van der Waals surface area (Å²) in [4.78, 5) is 0. The Balaban J connectivity index is 1.69. The summed E-state index contributed by atoms with van der Waals surface area (Å²) in [6.07, 6.45) is 9.29. The summed E-state index contributed by atoms with van der Waals surface area (Å²) in [6.45, 7) is 0. The van der Waals surface area contributed by atoms with E-state index in [1.807, 2.05) is 0 Å².